The average molecular weight is 425 g/mol. The van der Waals surface area contributed by atoms with Gasteiger partial charge < -0.3 is 30.2 Å². The number of ether oxygens (including phenoxy) is 3. The highest BCUT2D eigenvalue weighted by molar-refractivity contribution is 5.82. The average Bonchev–Trinajstić information content (AvgIpc) is 3.13. The highest BCUT2D eigenvalue weighted by Gasteiger charge is 2.29. The van der Waals surface area contributed by atoms with E-state index in [1.165, 1.54) is 11.1 Å². The molecule has 31 heavy (non-hydrogen) atoms. The largest absolute Gasteiger partial charge is 0.449 e. The van der Waals surface area contributed by atoms with Gasteiger partial charge >= 0.3 is 6.09 Å². The van der Waals surface area contributed by atoms with Crippen LogP contribution in [-0.4, -0.2) is 64.3 Å². The van der Waals surface area contributed by atoms with Gasteiger partial charge in [0.1, 0.15) is 19.9 Å². The summed E-state index contributed by atoms with van der Waals surface area (Å²) in [6, 6.07) is 16.3. The zero-order valence-corrected chi connectivity index (χ0v) is 17.3. The molecule has 0 aromatic heterocycles. The SMILES string of the molecule is O=C(CNC(=O)OCC1c2ccccc2-c2ccccc21)NCOC[C@@H]1CNCCO1. The minimum absolute atomic E-state index is 0.00963. The molecular weight excluding hydrogens is 398 g/mol. The lowest BCUT2D eigenvalue weighted by molar-refractivity contribution is -0.122. The molecule has 4 rings (SSSR count). The number of amides is 2. The van der Waals surface area contributed by atoms with E-state index in [4.69, 9.17) is 14.2 Å². The molecule has 0 unspecified atom stereocenters. The quantitative estimate of drug-likeness (QED) is 0.439. The van der Waals surface area contributed by atoms with Crippen molar-refractivity contribution < 1.29 is 23.8 Å². The molecule has 0 spiro atoms. The zero-order chi connectivity index (χ0) is 21.5. The monoisotopic (exact) mass is 425 g/mol. The molecule has 2 aromatic rings. The lowest BCUT2D eigenvalue weighted by atomic mass is 9.98. The predicted octanol–water partition coefficient (Wildman–Crippen LogP) is 1.60. The molecule has 0 radical (unpaired) electrons. The van der Waals surface area contributed by atoms with Gasteiger partial charge in [-0.15, -0.1) is 0 Å². The number of hydrogen-bond acceptors (Lipinski definition) is 6. The van der Waals surface area contributed by atoms with Gasteiger partial charge in [-0.1, -0.05) is 48.5 Å². The summed E-state index contributed by atoms with van der Waals surface area (Å²) in [5.41, 5.74) is 4.62. The Bertz CT molecular complexity index is 868. The normalized spacial score (nSPS) is 17.5. The van der Waals surface area contributed by atoms with Crippen molar-refractivity contribution in [3.05, 3.63) is 59.7 Å². The van der Waals surface area contributed by atoms with Crippen LogP contribution in [-0.2, 0) is 19.0 Å². The van der Waals surface area contributed by atoms with Crippen LogP contribution in [0, 0.1) is 0 Å². The number of carbonyl (C=O) groups excluding carboxylic acids is 2. The number of fused-ring (bicyclic) bond motifs is 3. The molecule has 2 amide bonds. The Morgan fingerprint density at radius 2 is 1.71 bits per heavy atom. The summed E-state index contributed by atoms with van der Waals surface area (Å²) in [7, 11) is 0. The van der Waals surface area contributed by atoms with E-state index in [0.717, 1.165) is 24.2 Å². The second-order valence-electron chi connectivity index (χ2n) is 7.49. The van der Waals surface area contributed by atoms with Crippen molar-refractivity contribution in [2.75, 3.05) is 46.2 Å². The Hall–Kier alpha value is -2.94. The first kappa shape index (κ1) is 21.3. The van der Waals surface area contributed by atoms with Crippen LogP contribution in [0.5, 0.6) is 0 Å². The molecule has 0 saturated carbocycles. The van der Waals surface area contributed by atoms with Crippen molar-refractivity contribution in [3.63, 3.8) is 0 Å². The van der Waals surface area contributed by atoms with E-state index < -0.39 is 6.09 Å². The lowest BCUT2D eigenvalue weighted by Crippen LogP contribution is -2.42. The molecule has 0 bridgehead atoms. The third-order valence-corrected chi connectivity index (χ3v) is 5.42. The van der Waals surface area contributed by atoms with E-state index in [-0.39, 0.29) is 37.8 Å². The Morgan fingerprint density at radius 1 is 1.00 bits per heavy atom. The second kappa shape index (κ2) is 10.4. The summed E-state index contributed by atoms with van der Waals surface area (Å²) in [5.74, 6) is -0.368. The van der Waals surface area contributed by atoms with Crippen LogP contribution in [0.3, 0.4) is 0 Å². The molecule has 2 aliphatic rings. The molecule has 2 aromatic carbocycles. The van der Waals surface area contributed by atoms with E-state index in [9.17, 15) is 9.59 Å². The van der Waals surface area contributed by atoms with Gasteiger partial charge in [-0.05, 0) is 22.3 Å². The van der Waals surface area contributed by atoms with Crippen LogP contribution in [0.15, 0.2) is 48.5 Å². The fraction of sp³-hybridized carbons (Fsp3) is 0.391. The van der Waals surface area contributed by atoms with Gasteiger partial charge in [-0.25, -0.2) is 4.79 Å². The van der Waals surface area contributed by atoms with E-state index in [2.05, 4.69) is 40.2 Å². The first-order valence-corrected chi connectivity index (χ1v) is 10.5. The Labute approximate surface area is 181 Å². The van der Waals surface area contributed by atoms with Crippen molar-refractivity contribution in [2.24, 2.45) is 0 Å². The maximum Gasteiger partial charge on any atom is 0.407 e. The molecule has 1 saturated heterocycles. The third kappa shape index (κ3) is 5.41. The first-order valence-electron chi connectivity index (χ1n) is 10.5. The van der Waals surface area contributed by atoms with Gasteiger partial charge in [0.25, 0.3) is 0 Å². The van der Waals surface area contributed by atoms with Crippen LogP contribution in [0.1, 0.15) is 17.0 Å². The molecule has 1 atom stereocenters. The lowest BCUT2D eigenvalue weighted by Gasteiger charge is -2.23. The minimum atomic E-state index is -0.625. The minimum Gasteiger partial charge on any atom is -0.449 e. The molecule has 1 heterocycles. The molecule has 3 N–H and O–H groups in total. The molecule has 164 valence electrons. The van der Waals surface area contributed by atoms with Crippen molar-refractivity contribution in [1.29, 1.82) is 0 Å². The number of nitrogens with one attached hydrogen (secondary N) is 3. The predicted molar refractivity (Wildman–Crippen MR) is 115 cm³/mol. The summed E-state index contributed by atoms with van der Waals surface area (Å²) >= 11 is 0. The highest BCUT2D eigenvalue weighted by atomic mass is 16.5. The van der Waals surface area contributed by atoms with Gasteiger partial charge in [0.2, 0.25) is 5.91 Å². The zero-order valence-electron chi connectivity index (χ0n) is 17.3. The maximum absolute atomic E-state index is 12.1. The van der Waals surface area contributed by atoms with E-state index >= 15 is 0 Å². The van der Waals surface area contributed by atoms with Gasteiger partial charge in [0.15, 0.2) is 0 Å². The topological polar surface area (TPSA) is 97.9 Å². The summed E-state index contributed by atoms with van der Waals surface area (Å²) in [5, 5.41) is 8.28. The van der Waals surface area contributed by atoms with Crippen molar-refractivity contribution in [3.8, 4) is 11.1 Å². The van der Waals surface area contributed by atoms with E-state index in [0.29, 0.717) is 13.2 Å². The molecular formula is C23H27N3O5. The first-order chi connectivity index (χ1) is 15.2. The van der Waals surface area contributed by atoms with Crippen molar-refractivity contribution in [2.45, 2.75) is 12.0 Å². The Kier molecular flexibility index (Phi) is 7.14. The summed E-state index contributed by atoms with van der Waals surface area (Å²) < 4.78 is 16.3. The van der Waals surface area contributed by atoms with Crippen LogP contribution in [0.25, 0.3) is 11.1 Å². The maximum atomic E-state index is 12.1. The summed E-state index contributed by atoms with van der Waals surface area (Å²) in [6.07, 6.45) is -0.635. The molecule has 1 fully saturated rings. The number of benzene rings is 2. The summed E-state index contributed by atoms with van der Waals surface area (Å²) in [6.45, 7) is 2.72. The van der Waals surface area contributed by atoms with Crippen molar-refractivity contribution >= 4 is 12.0 Å². The number of alkyl carbamates (subject to hydrolysis) is 1. The summed E-state index contributed by atoms with van der Waals surface area (Å²) in [4.78, 5) is 24.0. The molecule has 8 heteroatoms. The number of morpholine rings is 1. The number of carbonyl (C=O) groups is 2. The van der Waals surface area contributed by atoms with Crippen molar-refractivity contribution in [1.82, 2.24) is 16.0 Å². The third-order valence-electron chi connectivity index (χ3n) is 5.42. The van der Waals surface area contributed by atoms with Crippen LogP contribution in [0.4, 0.5) is 4.79 Å². The van der Waals surface area contributed by atoms with Gasteiger partial charge in [-0.3, -0.25) is 4.79 Å². The number of hydrogen-bond donors (Lipinski definition) is 3. The molecule has 8 nitrogen and oxygen atoms in total. The molecule has 1 aliphatic carbocycles. The van der Waals surface area contributed by atoms with Gasteiger partial charge in [-0.2, -0.15) is 0 Å². The fourth-order valence-corrected chi connectivity index (χ4v) is 3.91. The van der Waals surface area contributed by atoms with Gasteiger partial charge in [0, 0.05) is 19.0 Å². The standard InChI is InChI=1S/C23H27N3O5/c27-22(26-15-29-13-16-11-24-9-10-30-16)12-25-23(28)31-14-21-19-7-3-1-5-17(19)18-6-2-4-8-20(18)21/h1-8,16,21,24H,9-15H2,(H,25,28)(H,26,27)/t16-/m0/s1. The van der Waals surface area contributed by atoms with E-state index in [1.807, 2.05) is 24.3 Å². The van der Waals surface area contributed by atoms with Crippen LogP contribution in [0.2, 0.25) is 0 Å². The van der Waals surface area contributed by atoms with Gasteiger partial charge in [0.05, 0.1) is 19.3 Å². The second-order valence-corrected chi connectivity index (χ2v) is 7.49. The van der Waals surface area contributed by atoms with Crippen LogP contribution >= 0.6 is 0 Å². The number of rotatable bonds is 8. The highest BCUT2D eigenvalue weighted by Crippen LogP contribution is 2.44. The van der Waals surface area contributed by atoms with Crippen LogP contribution < -0.4 is 16.0 Å². The Balaban J connectivity index is 1.17. The Morgan fingerprint density at radius 3 is 2.39 bits per heavy atom. The smallest absolute Gasteiger partial charge is 0.407 e. The molecule has 1 aliphatic heterocycles. The fourth-order valence-electron chi connectivity index (χ4n) is 3.91. The van der Waals surface area contributed by atoms with E-state index in [1.54, 1.807) is 0 Å².